The van der Waals surface area contributed by atoms with Crippen LogP contribution < -0.4 is 4.74 Å². The highest BCUT2D eigenvalue weighted by Crippen LogP contribution is 2.28. The second-order valence-electron chi connectivity index (χ2n) is 8.56. The fourth-order valence-corrected chi connectivity index (χ4v) is 3.53. The van der Waals surface area contributed by atoms with Gasteiger partial charge in [0.1, 0.15) is 18.2 Å². The Kier molecular flexibility index (Phi) is 5.14. The number of imidazole rings is 1. The molecular formula is C26H28N2O. The molecule has 0 amide bonds. The number of hydrogen-bond donors (Lipinski definition) is 0. The molecule has 29 heavy (non-hydrogen) atoms. The molecule has 0 fully saturated rings. The van der Waals surface area contributed by atoms with E-state index >= 15 is 0 Å². The third-order valence-corrected chi connectivity index (χ3v) is 5.27. The molecule has 0 saturated carbocycles. The van der Waals surface area contributed by atoms with Gasteiger partial charge in [-0.2, -0.15) is 0 Å². The van der Waals surface area contributed by atoms with Crippen molar-refractivity contribution in [2.45, 2.75) is 39.7 Å². The van der Waals surface area contributed by atoms with E-state index in [0.717, 1.165) is 34.7 Å². The van der Waals surface area contributed by atoms with E-state index in [-0.39, 0.29) is 5.41 Å². The SMILES string of the molecule is Cc1ccc(OCCn2c(-c3ccc(C(C)(C)C)cc3)nc3ccccc32)cc1. The van der Waals surface area contributed by atoms with Crippen LogP contribution in [0, 0.1) is 6.92 Å². The second-order valence-corrected chi connectivity index (χ2v) is 8.56. The average molecular weight is 385 g/mol. The normalized spacial score (nSPS) is 11.7. The lowest BCUT2D eigenvalue weighted by atomic mass is 9.87. The standard InChI is InChI=1S/C26H28N2O/c1-19-9-15-22(16-10-19)29-18-17-28-24-8-6-5-7-23(24)27-25(28)20-11-13-21(14-12-20)26(2,3)4/h5-16H,17-18H2,1-4H3. The maximum atomic E-state index is 5.99. The van der Waals surface area contributed by atoms with Gasteiger partial charge in [-0.25, -0.2) is 4.98 Å². The summed E-state index contributed by atoms with van der Waals surface area (Å²) in [7, 11) is 0. The maximum absolute atomic E-state index is 5.99. The zero-order chi connectivity index (χ0) is 20.4. The summed E-state index contributed by atoms with van der Waals surface area (Å²) in [6, 6.07) is 25.3. The van der Waals surface area contributed by atoms with Gasteiger partial charge in [-0.3, -0.25) is 0 Å². The molecule has 4 rings (SSSR count). The lowest BCUT2D eigenvalue weighted by molar-refractivity contribution is 0.301. The number of fused-ring (bicyclic) bond motifs is 1. The van der Waals surface area contributed by atoms with Crippen LogP contribution in [0.25, 0.3) is 22.4 Å². The molecule has 0 atom stereocenters. The molecule has 0 unspecified atom stereocenters. The Hall–Kier alpha value is -3.07. The van der Waals surface area contributed by atoms with Crippen LogP contribution in [0.1, 0.15) is 31.9 Å². The number of para-hydroxylation sites is 2. The minimum atomic E-state index is 0.139. The van der Waals surface area contributed by atoms with Gasteiger partial charge in [0.15, 0.2) is 0 Å². The summed E-state index contributed by atoms with van der Waals surface area (Å²) in [4.78, 5) is 4.92. The monoisotopic (exact) mass is 384 g/mol. The number of aryl methyl sites for hydroxylation is 1. The lowest BCUT2D eigenvalue weighted by Gasteiger charge is -2.19. The lowest BCUT2D eigenvalue weighted by Crippen LogP contribution is -2.11. The Morgan fingerprint density at radius 2 is 1.55 bits per heavy atom. The van der Waals surface area contributed by atoms with E-state index < -0.39 is 0 Å². The van der Waals surface area contributed by atoms with Crippen LogP contribution in [-0.2, 0) is 12.0 Å². The van der Waals surface area contributed by atoms with Crippen LogP contribution in [0.2, 0.25) is 0 Å². The molecular weight excluding hydrogens is 356 g/mol. The first kappa shape index (κ1) is 19.3. The molecule has 0 aliphatic carbocycles. The third-order valence-electron chi connectivity index (χ3n) is 5.27. The van der Waals surface area contributed by atoms with Crippen molar-refractivity contribution >= 4 is 11.0 Å². The van der Waals surface area contributed by atoms with Crippen LogP contribution >= 0.6 is 0 Å². The zero-order valence-electron chi connectivity index (χ0n) is 17.6. The smallest absolute Gasteiger partial charge is 0.141 e. The van der Waals surface area contributed by atoms with E-state index in [1.54, 1.807) is 0 Å². The van der Waals surface area contributed by atoms with Crippen LogP contribution in [0.3, 0.4) is 0 Å². The molecule has 0 bridgehead atoms. The molecule has 148 valence electrons. The highest BCUT2D eigenvalue weighted by molar-refractivity contribution is 5.80. The number of hydrogen-bond acceptors (Lipinski definition) is 2. The fourth-order valence-electron chi connectivity index (χ4n) is 3.53. The van der Waals surface area contributed by atoms with Crippen molar-refractivity contribution < 1.29 is 4.74 Å². The summed E-state index contributed by atoms with van der Waals surface area (Å²) in [6.45, 7) is 10.1. The van der Waals surface area contributed by atoms with Crippen molar-refractivity contribution in [3.05, 3.63) is 83.9 Å². The Bertz CT molecular complexity index is 1100. The minimum Gasteiger partial charge on any atom is -0.492 e. The fraction of sp³-hybridized carbons (Fsp3) is 0.269. The van der Waals surface area contributed by atoms with Gasteiger partial charge < -0.3 is 9.30 Å². The quantitative estimate of drug-likeness (QED) is 0.399. The maximum Gasteiger partial charge on any atom is 0.141 e. The van der Waals surface area contributed by atoms with Gasteiger partial charge >= 0.3 is 0 Å². The van der Waals surface area contributed by atoms with Crippen molar-refractivity contribution in [2.24, 2.45) is 0 Å². The Morgan fingerprint density at radius 3 is 2.24 bits per heavy atom. The Labute approximate surface area is 173 Å². The van der Waals surface area contributed by atoms with Crippen molar-refractivity contribution in [1.82, 2.24) is 9.55 Å². The summed E-state index contributed by atoms with van der Waals surface area (Å²) < 4.78 is 8.25. The molecule has 3 aromatic carbocycles. The summed E-state index contributed by atoms with van der Waals surface area (Å²) >= 11 is 0. The van der Waals surface area contributed by atoms with Gasteiger partial charge in [0.25, 0.3) is 0 Å². The average Bonchev–Trinajstić information content (AvgIpc) is 3.08. The van der Waals surface area contributed by atoms with Gasteiger partial charge in [0.2, 0.25) is 0 Å². The van der Waals surface area contributed by atoms with E-state index in [9.17, 15) is 0 Å². The van der Waals surface area contributed by atoms with E-state index in [0.29, 0.717) is 6.61 Å². The van der Waals surface area contributed by atoms with E-state index in [1.165, 1.54) is 11.1 Å². The highest BCUT2D eigenvalue weighted by atomic mass is 16.5. The van der Waals surface area contributed by atoms with Crippen LogP contribution in [0.15, 0.2) is 72.8 Å². The third kappa shape index (κ3) is 4.19. The second kappa shape index (κ2) is 7.75. The molecule has 3 heteroatoms. The first-order chi connectivity index (χ1) is 13.9. The molecule has 4 aromatic rings. The molecule has 0 aliphatic heterocycles. The van der Waals surface area contributed by atoms with Crippen LogP contribution in [0.4, 0.5) is 0 Å². The van der Waals surface area contributed by atoms with Crippen molar-refractivity contribution in [3.63, 3.8) is 0 Å². The minimum absolute atomic E-state index is 0.139. The molecule has 0 N–H and O–H groups in total. The largest absolute Gasteiger partial charge is 0.492 e. The first-order valence-corrected chi connectivity index (χ1v) is 10.2. The van der Waals surface area contributed by atoms with E-state index in [2.05, 4.69) is 86.9 Å². The van der Waals surface area contributed by atoms with E-state index in [4.69, 9.17) is 9.72 Å². The van der Waals surface area contributed by atoms with Gasteiger partial charge in [0, 0.05) is 5.56 Å². The van der Waals surface area contributed by atoms with Gasteiger partial charge in [0.05, 0.1) is 17.6 Å². The van der Waals surface area contributed by atoms with Crippen molar-refractivity contribution in [1.29, 1.82) is 0 Å². The first-order valence-electron chi connectivity index (χ1n) is 10.2. The molecule has 1 aromatic heterocycles. The Balaban J connectivity index is 1.63. The highest BCUT2D eigenvalue weighted by Gasteiger charge is 2.16. The predicted molar refractivity (Wildman–Crippen MR) is 121 cm³/mol. The summed E-state index contributed by atoms with van der Waals surface area (Å²) in [5.41, 5.74) is 5.98. The predicted octanol–water partition coefficient (Wildman–Crippen LogP) is 6.39. The van der Waals surface area contributed by atoms with Crippen LogP contribution in [-0.4, -0.2) is 16.2 Å². The van der Waals surface area contributed by atoms with E-state index in [1.807, 2.05) is 18.2 Å². The van der Waals surface area contributed by atoms with Gasteiger partial charge in [-0.05, 0) is 42.2 Å². The molecule has 0 spiro atoms. The van der Waals surface area contributed by atoms with Gasteiger partial charge in [-0.15, -0.1) is 0 Å². The summed E-state index contributed by atoms with van der Waals surface area (Å²) in [5.74, 6) is 1.88. The Morgan fingerprint density at radius 1 is 0.862 bits per heavy atom. The van der Waals surface area contributed by atoms with Crippen LogP contribution in [0.5, 0.6) is 5.75 Å². The topological polar surface area (TPSA) is 27.1 Å². The molecule has 0 aliphatic rings. The summed E-state index contributed by atoms with van der Waals surface area (Å²) in [5, 5.41) is 0. The number of benzene rings is 3. The molecule has 1 heterocycles. The zero-order valence-corrected chi connectivity index (χ0v) is 17.6. The molecule has 0 radical (unpaired) electrons. The van der Waals surface area contributed by atoms with Crippen molar-refractivity contribution in [2.75, 3.05) is 6.61 Å². The number of ether oxygens (including phenoxy) is 1. The molecule has 0 saturated heterocycles. The summed E-state index contributed by atoms with van der Waals surface area (Å²) in [6.07, 6.45) is 0. The molecule has 3 nitrogen and oxygen atoms in total. The number of rotatable bonds is 5. The number of nitrogens with zero attached hydrogens (tertiary/aromatic N) is 2. The van der Waals surface area contributed by atoms with Gasteiger partial charge in [-0.1, -0.05) is 74.9 Å². The number of aromatic nitrogens is 2. The van der Waals surface area contributed by atoms with Crippen molar-refractivity contribution in [3.8, 4) is 17.1 Å².